The highest BCUT2D eigenvalue weighted by Crippen LogP contribution is 2.37. The van der Waals surface area contributed by atoms with Crippen LogP contribution in [-0.2, 0) is 0 Å². The number of furan rings is 1. The molecule has 4 heteroatoms. The van der Waals surface area contributed by atoms with Gasteiger partial charge in [-0.05, 0) is 50.0 Å². The monoisotopic (exact) mass is 553 g/mol. The minimum absolute atomic E-state index is 0.217. The van der Waals surface area contributed by atoms with Gasteiger partial charge >= 0.3 is 0 Å². The lowest BCUT2D eigenvalue weighted by Gasteiger charge is -2.32. The summed E-state index contributed by atoms with van der Waals surface area (Å²) in [7, 11) is 0. The van der Waals surface area contributed by atoms with E-state index >= 15 is 0 Å². The number of nitrogens with zero attached hydrogens (tertiary/aromatic N) is 1. The number of benzene rings is 7. The molecule has 1 aliphatic heterocycles. The summed E-state index contributed by atoms with van der Waals surface area (Å²) in [4.78, 5) is 5.23. The van der Waals surface area contributed by atoms with Crippen molar-refractivity contribution in [1.29, 1.82) is 0 Å². The van der Waals surface area contributed by atoms with Crippen molar-refractivity contribution in [3.63, 3.8) is 0 Å². The summed E-state index contributed by atoms with van der Waals surface area (Å²) < 4.78 is 6.45. The Hall–Kier alpha value is -5.45. The third kappa shape index (κ3) is 3.84. The fourth-order valence-corrected chi connectivity index (χ4v) is 6.72. The molecular weight excluding hydrogens is 526 g/mol. The van der Waals surface area contributed by atoms with E-state index in [1.165, 1.54) is 32.3 Å². The first kappa shape index (κ1) is 24.2. The molecule has 4 nitrogen and oxygen atoms in total. The Morgan fingerprint density at radius 3 is 1.86 bits per heavy atom. The van der Waals surface area contributed by atoms with E-state index in [1.54, 1.807) is 0 Å². The summed E-state index contributed by atoms with van der Waals surface area (Å²) in [5, 5.41) is 17.3. The van der Waals surface area contributed by atoms with E-state index in [0.717, 1.165) is 44.5 Å². The van der Waals surface area contributed by atoms with Crippen LogP contribution in [0.5, 0.6) is 0 Å². The summed E-state index contributed by atoms with van der Waals surface area (Å²) in [6, 6.07) is 49.2. The van der Waals surface area contributed by atoms with Gasteiger partial charge in [-0.15, -0.1) is 0 Å². The van der Waals surface area contributed by atoms with Crippen molar-refractivity contribution in [3.8, 4) is 0 Å². The molecule has 2 atom stereocenters. The molecule has 0 spiro atoms. The molecule has 0 saturated heterocycles. The van der Waals surface area contributed by atoms with Gasteiger partial charge in [0.15, 0.2) is 0 Å². The molecule has 204 valence electrons. The van der Waals surface area contributed by atoms with Crippen LogP contribution >= 0.6 is 0 Å². The highest BCUT2D eigenvalue weighted by atomic mass is 16.3. The maximum absolute atomic E-state index is 6.45. The van der Waals surface area contributed by atoms with Crippen molar-refractivity contribution in [1.82, 2.24) is 10.6 Å². The number of para-hydroxylation sites is 2. The number of aliphatic imine (C=N–C) groups is 1. The molecular formula is C39H27N3O. The molecule has 1 aromatic heterocycles. The van der Waals surface area contributed by atoms with Gasteiger partial charge in [-0.2, -0.15) is 0 Å². The third-order valence-electron chi connectivity index (χ3n) is 8.74. The normalized spacial score (nSPS) is 17.1. The number of hydrogen-bond donors (Lipinski definition) is 2. The van der Waals surface area contributed by atoms with E-state index in [0.29, 0.717) is 0 Å². The SMILES string of the molecule is c1ccc(C2N=C(c3ccc4c5ccccc5c5ccccc5c4c3)NC(c3cccc4c3oc3ccccc34)N2)cc1. The average Bonchev–Trinajstić information content (AvgIpc) is 3.47. The average molecular weight is 554 g/mol. The van der Waals surface area contributed by atoms with Gasteiger partial charge in [0.1, 0.15) is 29.3 Å². The van der Waals surface area contributed by atoms with Crippen LogP contribution in [0.25, 0.3) is 54.3 Å². The van der Waals surface area contributed by atoms with E-state index in [9.17, 15) is 0 Å². The lowest BCUT2D eigenvalue weighted by molar-refractivity contribution is 0.408. The first-order chi connectivity index (χ1) is 21.3. The number of nitrogens with one attached hydrogen (secondary N) is 2. The smallest absolute Gasteiger partial charge is 0.142 e. The van der Waals surface area contributed by atoms with E-state index in [-0.39, 0.29) is 12.3 Å². The number of rotatable bonds is 3. The summed E-state index contributed by atoms with van der Waals surface area (Å²) in [5.41, 5.74) is 5.00. The Morgan fingerprint density at radius 1 is 0.512 bits per heavy atom. The summed E-state index contributed by atoms with van der Waals surface area (Å²) in [6.07, 6.45) is -0.447. The van der Waals surface area contributed by atoms with Crippen molar-refractivity contribution in [3.05, 3.63) is 156 Å². The molecule has 8 aromatic rings. The number of fused-ring (bicyclic) bond motifs is 9. The fraction of sp³-hybridized carbons (Fsp3) is 0.0513. The Morgan fingerprint density at radius 2 is 1.12 bits per heavy atom. The molecule has 7 aromatic carbocycles. The predicted octanol–water partition coefficient (Wildman–Crippen LogP) is 9.38. The van der Waals surface area contributed by atoms with Crippen LogP contribution < -0.4 is 10.6 Å². The van der Waals surface area contributed by atoms with Crippen LogP contribution in [-0.4, -0.2) is 5.84 Å². The zero-order chi connectivity index (χ0) is 28.3. The molecule has 0 radical (unpaired) electrons. The lowest BCUT2D eigenvalue weighted by atomic mass is 9.93. The molecule has 0 aliphatic carbocycles. The quantitative estimate of drug-likeness (QED) is 0.214. The van der Waals surface area contributed by atoms with Crippen molar-refractivity contribution >= 4 is 60.1 Å². The minimum Gasteiger partial charge on any atom is -0.456 e. The molecule has 2 unspecified atom stereocenters. The van der Waals surface area contributed by atoms with Gasteiger partial charge in [0.25, 0.3) is 0 Å². The topological polar surface area (TPSA) is 49.6 Å². The van der Waals surface area contributed by atoms with Crippen molar-refractivity contribution in [2.24, 2.45) is 4.99 Å². The zero-order valence-corrected chi connectivity index (χ0v) is 23.3. The van der Waals surface area contributed by atoms with Crippen molar-refractivity contribution in [2.45, 2.75) is 12.3 Å². The molecule has 0 fully saturated rings. The number of hydrogen-bond acceptors (Lipinski definition) is 4. The van der Waals surface area contributed by atoms with Crippen LogP contribution in [0.1, 0.15) is 29.0 Å². The minimum atomic E-state index is -0.230. The summed E-state index contributed by atoms with van der Waals surface area (Å²) >= 11 is 0. The Balaban J connectivity index is 1.23. The van der Waals surface area contributed by atoms with Gasteiger partial charge in [-0.1, -0.05) is 127 Å². The predicted molar refractivity (Wildman–Crippen MR) is 177 cm³/mol. The van der Waals surface area contributed by atoms with Crippen molar-refractivity contribution < 1.29 is 4.42 Å². The number of amidine groups is 1. The Kier molecular flexibility index (Phi) is 5.37. The molecule has 1 aliphatic rings. The maximum Gasteiger partial charge on any atom is 0.142 e. The van der Waals surface area contributed by atoms with E-state index in [1.807, 2.05) is 18.2 Å². The van der Waals surface area contributed by atoms with Crippen LogP contribution in [0.15, 0.2) is 149 Å². The van der Waals surface area contributed by atoms with Gasteiger partial charge in [-0.25, -0.2) is 4.99 Å². The van der Waals surface area contributed by atoms with Gasteiger partial charge in [0, 0.05) is 21.9 Å². The highest BCUT2D eigenvalue weighted by molar-refractivity contribution is 6.26. The van der Waals surface area contributed by atoms with Gasteiger partial charge < -0.3 is 9.73 Å². The van der Waals surface area contributed by atoms with Crippen LogP contribution in [0.3, 0.4) is 0 Å². The van der Waals surface area contributed by atoms with Gasteiger partial charge in [-0.3, -0.25) is 5.32 Å². The molecule has 2 N–H and O–H groups in total. The van der Waals surface area contributed by atoms with Gasteiger partial charge in [0.05, 0.1) is 0 Å². The van der Waals surface area contributed by atoms with E-state index < -0.39 is 0 Å². The maximum atomic E-state index is 6.45. The molecule has 0 saturated carbocycles. The summed E-state index contributed by atoms with van der Waals surface area (Å²) in [6.45, 7) is 0. The molecule has 43 heavy (non-hydrogen) atoms. The first-order valence-electron chi connectivity index (χ1n) is 14.7. The molecule has 0 amide bonds. The second-order valence-electron chi connectivity index (χ2n) is 11.2. The largest absolute Gasteiger partial charge is 0.456 e. The second kappa shape index (κ2) is 9.55. The van der Waals surface area contributed by atoms with Gasteiger partial charge in [0.2, 0.25) is 0 Å². The Bertz CT molecular complexity index is 2340. The molecule has 9 rings (SSSR count). The lowest BCUT2D eigenvalue weighted by Crippen LogP contribution is -2.45. The van der Waals surface area contributed by atoms with Crippen LogP contribution in [0, 0.1) is 0 Å². The first-order valence-corrected chi connectivity index (χ1v) is 14.7. The fourth-order valence-electron chi connectivity index (χ4n) is 6.72. The highest BCUT2D eigenvalue weighted by Gasteiger charge is 2.28. The second-order valence-corrected chi connectivity index (χ2v) is 11.2. The summed E-state index contributed by atoms with van der Waals surface area (Å²) in [5.74, 6) is 0.852. The van der Waals surface area contributed by atoms with Crippen LogP contribution in [0.2, 0.25) is 0 Å². The zero-order valence-electron chi connectivity index (χ0n) is 23.3. The Labute approximate surface area is 248 Å². The third-order valence-corrected chi connectivity index (χ3v) is 8.74. The van der Waals surface area contributed by atoms with E-state index in [4.69, 9.17) is 9.41 Å². The van der Waals surface area contributed by atoms with Crippen molar-refractivity contribution in [2.75, 3.05) is 0 Å². The van der Waals surface area contributed by atoms with Crippen LogP contribution in [0.4, 0.5) is 0 Å². The molecule has 0 bridgehead atoms. The molecule has 2 heterocycles. The standard InChI is InChI=1S/C39H27N3O/c1-2-11-24(12-3-1)37-40-38(42-39(41-37)33-19-10-18-32-31-17-8-9-20-35(31)43-36(32)33)25-21-22-30-28-15-5-4-13-26(28)27-14-6-7-16-29(27)34(30)23-25/h1-23,37,39,41H,(H,40,42). The van der Waals surface area contributed by atoms with E-state index in [2.05, 4.69) is 132 Å².